The van der Waals surface area contributed by atoms with E-state index in [4.69, 9.17) is 0 Å². The number of hydrogen-bond donors (Lipinski definition) is 0. The summed E-state index contributed by atoms with van der Waals surface area (Å²) in [5.74, 6) is 1.21. The molecule has 2 aromatic heterocycles. The van der Waals surface area contributed by atoms with E-state index in [1.54, 1.807) is 10.8 Å². The van der Waals surface area contributed by atoms with Gasteiger partial charge in [0.2, 0.25) is 5.91 Å². The second-order valence-electron chi connectivity index (χ2n) is 6.69. The third-order valence-electron chi connectivity index (χ3n) is 4.97. The molecular formula is C16H23N7O. The Kier molecular flexibility index (Phi) is 4.05. The van der Waals surface area contributed by atoms with Gasteiger partial charge in [-0.2, -0.15) is 4.52 Å². The normalized spacial score (nSPS) is 22.5. The number of piperazine rings is 1. The van der Waals surface area contributed by atoms with Crippen molar-refractivity contribution in [2.24, 2.45) is 0 Å². The predicted octanol–water partition coefficient (Wildman–Crippen LogP) is 0.257. The first-order valence-electron chi connectivity index (χ1n) is 8.64. The quantitative estimate of drug-likeness (QED) is 0.804. The molecule has 2 fully saturated rings. The molecule has 0 aromatic carbocycles. The molecule has 4 rings (SSSR count). The lowest BCUT2D eigenvalue weighted by Gasteiger charge is -2.40. The van der Waals surface area contributed by atoms with Crippen molar-refractivity contribution in [3.05, 3.63) is 18.5 Å². The maximum atomic E-state index is 12.3. The van der Waals surface area contributed by atoms with Crippen LogP contribution in [0.5, 0.6) is 0 Å². The summed E-state index contributed by atoms with van der Waals surface area (Å²) in [4.78, 5) is 18.9. The number of nitrogens with zero attached hydrogens (tertiary/aromatic N) is 7. The molecule has 0 bridgehead atoms. The highest BCUT2D eigenvalue weighted by Gasteiger charge is 2.28. The van der Waals surface area contributed by atoms with E-state index in [0.717, 1.165) is 57.0 Å². The average molecular weight is 329 g/mol. The van der Waals surface area contributed by atoms with Crippen molar-refractivity contribution in [1.82, 2.24) is 29.6 Å². The van der Waals surface area contributed by atoms with Gasteiger partial charge in [0.1, 0.15) is 12.1 Å². The first-order valence-corrected chi connectivity index (χ1v) is 8.64. The minimum atomic E-state index is 0.275. The number of rotatable bonds is 3. The van der Waals surface area contributed by atoms with Crippen LogP contribution in [0.25, 0.3) is 5.65 Å². The van der Waals surface area contributed by atoms with Gasteiger partial charge in [-0.1, -0.05) is 0 Å². The summed E-state index contributed by atoms with van der Waals surface area (Å²) in [7, 11) is 0. The molecule has 2 aliphatic rings. The van der Waals surface area contributed by atoms with Crippen molar-refractivity contribution in [2.75, 3.05) is 44.2 Å². The lowest BCUT2D eigenvalue weighted by atomic mass is 10.2. The van der Waals surface area contributed by atoms with Gasteiger partial charge < -0.3 is 9.80 Å². The van der Waals surface area contributed by atoms with Gasteiger partial charge >= 0.3 is 0 Å². The summed E-state index contributed by atoms with van der Waals surface area (Å²) in [5.41, 5.74) is 0.751. The largest absolute Gasteiger partial charge is 0.350 e. The highest BCUT2D eigenvalue weighted by Crippen LogP contribution is 2.19. The van der Waals surface area contributed by atoms with Gasteiger partial charge in [-0.05, 0) is 31.9 Å². The van der Waals surface area contributed by atoms with Crippen molar-refractivity contribution >= 4 is 17.4 Å². The summed E-state index contributed by atoms with van der Waals surface area (Å²) in [6.07, 6.45) is 3.91. The zero-order valence-corrected chi connectivity index (χ0v) is 14.0. The topological polar surface area (TPSA) is 69.9 Å². The Hall–Kier alpha value is -2.22. The van der Waals surface area contributed by atoms with Crippen LogP contribution in [0.4, 0.5) is 5.82 Å². The van der Waals surface area contributed by atoms with Crippen LogP contribution in [0.3, 0.4) is 0 Å². The summed E-state index contributed by atoms with van der Waals surface area (Å²) >= 11 is 0. The molecule has 0 aliphatic carbocycles. The van der Waals surface area contributed by atoms with Crippen molar-refractivity contribution < 1.29 is 4.79 Å². The second kappa shape index (κ2) is 6.35. The monoisotopic (exact) mass is 329 g/mol. The van der Waals surface area contributed by atoms with Gasteiger partial charge in [0.25, 0.3) is 0 Å². The summed E-state index contributed by atoms with van der Waals surface area (Å²) < 4.78 is 1.70. The number of amides is 1. The molecular weight excluding hydrogens is 306 g/mol. The number of anilines is 1. The van der Waals surface area contributed by atoms with E-state index in [0.29, 0.717) is 12.6 Å². The van der Waals surface area contributed by atoms with E-state index < -0.39 is 0 Å². The molecule has 8 nitrogen and oxygen atoms in total. The molecule has 2 aliphatic heterocycles. The van der Waals surface area contributed by atoms with E-state index in [1.165, 1.54) is 0 Å². The lowest BCUT2D eigenvalue weighted by Crippen LogP contribution is -2.54. The smallest absolute Gasteiger partial charge is 0.236 e. The van der Waals surface area contributed by atoms with Gasteiger partial charge in [0, 0.05) is 38.8 Å². The maximum Gasteiger partial charge on any atom is 0.236 e. The Morgan fingerprint density at radius 3 is 2.83 bits per heavy atom. The third-order valence-corrected chi connectivity index (χ3v) is 4.97. The summed E-state index contributed by atoms with van der Waals surface area (Å²) in [6.45, 7) is 7.21. The van der Waals surface area contributed by atoms with Gasteiger partial charge in [-0.3, -0.25) is 9.69 Å². The summed E-state index contributed by atoms with van der Waals surface area (Å²) in [5, 5.41) is 12.4. The van der Waals surface area contributed by atoms with Gasteiger partial charge in [0.05, 0.1) is 6.54 Å². The Morgan fingerprint density at radius 1 is 1.21 bits per heavy atom. The van der Waals surface area contributed by atoms with Crippen LogP contribution < -0.4 is 4.90 Å². The molecule has 8 heteroatoms. The fraction of sp³-hybridized carbons (Fsp3) is 0.625. The minimum absolute atomic E-state index is 0.275. The van der Waals surface area contributed by atoms with Gasteiger partial charge in [-0.25, -0.2) is 0 Å². The molecule has 1 amide bonds. The molecule has 24 heavy (non-hydrogen) atoms. The second-order valence-corrected chi connectivity index (χ2v) is 6.69. The van der Waals surface area contributed by atoms with Crippen molar-refractivity contribution in [3.8, 4) is 0 Å². The Bertz CT molecular complexity index is 724. The Balaban J connectivity index is 1.39. The SMILES string of the molecule is C[C@H]1CN(CC(=O)N2CCCC2)CCN1c1ccc2nncn2n1. The number of hydrogen-bond acceptors (Lipinski definition) is 6. The molecule has 0 saturated carbocycles. The first kappa shape index (κ1) is 15.3. The fourth-order valence-corrected chi connectivity index (χ4v) is 3.65. The molecule has 0 radical (unpaired) electrons. The van der Waals surface area contributed by atoms with Crippen LogP contribution in [0, 0.1) is 0 Å². The van der Waals surface area contributed by atoms with E-state index in [1.807, 2.05) is 17.0 Å². The highest BCUT2D eigenvalue weighted by molar-refractivity contribution is 5.78. The van der Waals surface area contributed by atoms with E-state index in [9.17, 15) is 4.79 Å². The molecule has 2 saturated heterocycles. The van der Waals surface area contributed by atoms with Crippen LogP contribution in [-0.2, 0) is 4.79 Å². The number of carbonyl (C=O) groups is 1. The average Bonchev–Trinajstić information content (AvgIpc) is 3.26. The van der Waals surface area contributed by atoms with Gasteiger partial charge in [0.15, 0.2) is 5.65 Å². The zero-order chi connectivity index (χ0) is 16.5. The molecule has 2 aromatic rings. The number of carbonyl (C=O) groups excluding carboxylic acids is 1. The number of fused-ring (bicyclic) bond motifs is 1. The highest BCUT2D eigenvalue weighted by atomic mass is 16.2. The third kappa shape index (κ3) is 2.93. The molecule has 0 spiro atoms. The van der Waals surface area contributed by atoms with Crippen LogP contribution in [0.2, 0.25) is 0 Å². The predicted molar refractivity (Wildman–Crippen MR) is 89.8 cm³/mol. The van der Waals surface area contributed by atoms with Gasteiger partial charge in [-0.15, -0.1) is 15.3 Å². The number of likely N-dealkylation sites (tertiary alicyclic amines) is 1. The van der Waals surface area contributed by atoms with Crippen molar-refractivity contribution in [2.45, 2.75) is 25.8 Å². The Morgan fingerprint density at radius 2 is 2.04 bits per heavy atom. The lowest BCUT2D eigenvalue weighted by molar-refractivity contribution is -0.131. The van der Waals surface area contributed by atoms with E-state index in [-0.39, 0.29) is 5.91 Å². The molecule has 0 N–H and O–H groups in total. The molecule has 128 valence electrons. The maximum absolute atomic E-state index is 12.3. The fourth-order valence-electron chi connectivity index (χ4n) is 3.65. The van der Waals surface area contributed by atoms with E-state index in [2.05, 4.69) is 32.0 Å². The standard InChI is InChI=1S/C16H23N7O/c1-13-10-20(11-16(24)21-6-2-3-7-21)8-9-22(13)15-5-4-14-18-17-12-23(14)19-15/h4-5,12-13H,2-3,6-11H2,1H3/t13-/m0/s1. The van der Waals surface area contributed by atoms with Crippen molar-refractivity contribution in [3.63, 3.8) is 0 Å². The number of aromatic nitrogens is 4. The minimum Gasteiger partial charge on any atom is -0.350 e. The molecule has 4 heterocycles. The van der Waals surface area contributed by atoms with Crippen LogP contribution >= 0.6 is 0 Å². The van der Waals surface area contributed by atoms with Crippen LogP contribution in [-0.4, -0.2) is 80.8 Å². The van der Waals surface area contributed by atoms with Crippen LogP contribution in [0.15, 0.2) is 18.5 Å². The zero-order valence-electron chi connectivity index (χ0n) is 14.0. The molecule has 1 atom stereocenters. The van der Waals surface area contributed by atoms with E-state index >= 15 is 0 Å². The van der Waals surface area contributed by atoms with Crippen molar-refractivity contribution in [1.29, 1.82) is 0 Å². The van der Waals surface area contributed by atoms with Crippen LogP contribution in [0.1, 0.15) is 19.8 Å². The Labute approximate surface area is 141 Å². The summed E-state index contributed by atoms with van der Waals surface area (Å²) in [6, 6.07) is 4.24. The molecule has 0 unspecified atom stereocenters. The first-order chi connectivity index (χ1) is 11.7.